The summed E-state index contributed by atoms with van der Waals surface area (Å²) in [6, 6.07) is 10.9. The number of likely N-dealkylation sites (N-methyl/N-ethyl adjacent to an activating group) is 1. The van der Waals surface area contributed by atoms with E-state index in [0.29, 0.717) is 61.3 Å². The lowest BCUT2D eigenvalue weighted by Crippen LogP contribution is -2.69. The lowest BCUT2D eigenvalue weighted by molar-refractivity contribution is -0.131. The molecule has 6 aromatic rings. The zero-order valence-electron chi connectivity index (χ0n) is 32.0. The van der Waals surface area contributed by atoms with Crippen molar-refractivity contribution in [2.75, 3.05) is 68.6 Å². The van der Waals surface area contributed by atoms with E-state index in [-0.39, 0.29) is 29.7 Å². The number of anilines is 3. The second kappa shape index (κ2) is 14.0. The van der Waals surface area contributed by atoms with E-state index >= 15 is 4.39 Å². The van der Waals surface area contributed by atoms with Crippen molar-refractivity contribution in [2.24, 2.45) is 7.05 Å². The van der Waals surface area contributed by atoms with Crippen LogP contribution in [0.2, 0.25) is 0 Å². The Morgan fingerprint density at radius 1 is 1.00 bits per heavy atom. The van der Waals surface area contributed by atoms with Crippen molar-refractivity contribution in [1.82, 2.24) is 49.3 Å². The Morgan fingerprint density at radius 2 is 1.86 bits per heavy atom. The molecule has 294 valence electrons. The number of ether oxygens (including phenoxy) is 1. The summed E-state index contributed by atoms with van der Waals surface area (Å²) in [5.41, 5.74) is 4.18. The average Bonchev–Trinajstić information content (AvgIpc) is 3.91. The van der Waals surface area contributed by atoms with Gasteiger partial charge in [0.05, 0.1) is 29.4 Å². The third kappa shape index (κ3) is 6.10. The van der Waals surface area contributed by atoms with Crippen LogP contribution in [0.15, 0.2) is 54.9 Å². The summed E-state index contributed by atoms with van der Waals surface area (Å²) >= 11 is 0. The first-order valence-electron chi connectivity index (χ1n) is 19.5. The van der Waals surface area contributed by atoms with Crippen molar-refractivity contribution >= 4 is 45.6 Å². The Kier molecular flexibility index (Phi) is 8.73. The van der Waals surface area contributed by atoms with Crippen LogP contribution in [0.4, 0.5) is 26.5 Å². The Labute approximate surface area is 327 Å². The number of nitrogens with zero attached hydrogens (tertiary/aromatic N) is 12. The molecule has 1 N–H and O–H groups in total. The molecular weight excluding hydrogens is 733 g/mol. The minimum atomic E-state index is -0.763. The van der Waals surface area contributed by atoms with Gasteiger partial charge in [-0.25, -0.2) is 23.4 Å². The van der Waals surface area contributed by atoms with Gasteiger partial charge in [0, 0.05) is 101 Å². The fourth-order valence-corrected chi connectivity index (χ4v) is 9.30. The molecule has 2 aromatic carbocycles. The third-order valence-corrected chi connectivity index (χ3v) is 12.0. The summed E-state index contributed by atoms with van der Waals surface area (Å²) in [5.74, 6) is -0.0151. The van der Waals surface area contributed by atoms with Crippen LogP contribution in [0.5, 0.6) is 0 Å². The van der Waals surface area contributed by atoms with Crippen LogP contribution < -0.4 is 15.1 Å². The van der Waals surface area contributed by atoms with Gasteiger partial charge in [0.1, 0.15) is 23.4 Å². The van der Waals surface area contributed by atoms with Gasteiger partial charge in [-0.2, -0.15) is 20.2 Å². The minimum absolute atomic E-state index is 0.0423. The Hall–Kier alpha value is -5.81. The van der Waals surface area contributed by atoms with Crippen molar-refractivity contribution in [1.29, 1.82) is 0 Å². The molecule has 4 saturated heterocycles. The van der Waals surface area contributed by atoms with E-state index in [1.807, 2.05) is 41.9 Å². The van der Waals surface area contributed by atoms with Gasteiger partial charge < -0.3 is 24.8 Å². The first-order valence-corrected chi connectivity index (χ1v) is 19.5. The first-order chi connectivity index (χ1) is 27.7. The van der Waals surface area contributed by atoms with Crippen LogP contribution in [-0.2, 0) is 23.0 Å². The molecule has 4 fully saturated rings. The molecule has 6 bridgehead atoms. The van der Waals surface area contributed by atoms with E-state index in [2.05, 4.69) is 31.3 Å². The summed E-state index contributed by atoms with van der Waals surface area (Å²) in [5, 5.41) is 14.6. The molecule has 1 amide bonds. The lowest BCUT2D eigenvalue weighted by Gasteiger charge is -2.56. The van der Waals surface area contributed by atoms with Gasteiger partial charge in [0.25, 0.3) is 0 Å². The molecule has 15 nitrogen and oxygen atoms in total. The number of amides is 1. The molecule has 3 unspecified atom stereocenters. The molecule has 4 aromatic heterocycles. The number of carbonyl (C=O) groups is 1. The highest BCUT2D eigenvalue weighted by molar-refractivity contribution is 5.96. The van der Waals surface area contributed by atoms with E-state index in [4.69, 9.17) is 24.8 Å². The number of rotatable bonds is 6. The number of hydrogen-bond donors (Lipinski definition) is 1. The predicted molar refractivity (Wildman–Crippen MR) is 210 cm³/mol. The minimum Gasteiger partial charge on any atom is -0.383 e. The summed E-state index contributed by atoms with van der Waals surface area (Å²) in [7, 11) is 5.52. The average molecular weight is 776 g/mol. The molecular formula is C40H43F2N13O2. The third-order valence-electron chi connectivity index (χ3n) is 12.0. The van der Waals surface area contributed by atoms with Crippen molar-refractivity contribution in [3.8, 4) is 16.9 Å². The van der Waals surface area contributed by atoms with E-state index in [0.717, 1.165) is 66.4 Å². The fourth-order valence-electron chi connectivity index (χ4n) is 9.30. The van der Waals surface area contributed by atoms with Gasteiger partial charge in [0.15, 0.2) is 11.5 Å². The molecule has 17 heteroatoms. The number of aryl methyl sites for hydroxylation is 2. The molecule has 5 aliphatic rings. The van der Waals surface area contributed by atoms with Gasteiger partial charge in [-0.1, -0.05) is 12.1 Å². The molecule has 0 radical (unpaired) electrons. The number of benzene rings is 2. The van der Waals surface area contributed by atoms with E-state index in [1.165, 1.54) is 16.8 Å². The first kappa shape index (κ1) is 35.6. The number of aromatic nitrogens is 8. The molecule has 4 atom stereocenters. The monoisotopic (exact) mass is 775 g/mol. The maximum atomic E-state index is 15.4. The van der Waals surface area contributed by atoms with Gasteiger partial charge in [-0.05, 0) is 49.9 Å². The van der Waals surface area contributed by atoms with Gasteiger partial charge in [-0.15, -0.1) is 0 Å². The number of halogens is 2. The summed E-state index contributed by atoms with van der Waals surface area (Å²) in [6.07, 6.45) is 6.27. The van der Waals surface area contributed by atoms with Gasteiger partial charge in [-0.3, -0.25) is 14.4 Å². The van der Waals surface area contributed by atoms with E-state index in [1.54, 1.807) is 24.4 Å². The summed E-state index contributed by atoms with van der Waals surface area (Å²) in [4.78, 5) is 43.0. The van der Waals surface area contributed by atoms with E-state index in [9.17, 15) is 9.18 Å². The topological polar surface area (TPSA) is 138 Å². The highest BCUT2D eigenvalue weighted by Crippen LogP contribution is 2.40. The number of fused-ring (bicyclic) bond motifs is 8. The number of nitrogens with one attached hydrogen (secondary N) is 1. The lowest BCUT2D eigenvalue weighted by atomic mass is 9.88. The van der Waals surface area contributed by atoms with Crippen LogP contribution in [0, 0.1) is 11.6 Å². The maximum Gasteiger partial charge on any atom is 0.245 e. The largest absolute Gasteiger partial charge is 0.383 e. The predicted octanol–water partition coefficient (Wildman–Crippen LogP) is 3.81. The highest BCUT2D eigenvalue weighted by Gasteiger charge is 2.47. The zero-order valence-corrected chi connectivity index (χ0v) is 32.0. The van der Waals surface area contributed by atoms with Crippen molar-refractivity contribution in [3.63, 3.8) is 0 Å². The summed E-state index contributed by atoms with van der Waals surface area (Å²) < 4.78 is 38.1. The SMILES string of the molecule is COCCN1CC2CC(C1)N2c1nc(N2CC3C[C@H]2C(=O)N(C)CCCc2c4c(cccc4nn2C)-c2ccnc(n2)N3)c2cnn(-c3ccc(F)cc3F)c2n1. The van der Waals surface area contributed by atoms with Crippen LogP contribution in [0.1, 0.15) is 25.0 Å². The normalized spacial score (nSPS) is 22.5. The Balaban J connectivity index is 1.06. The molecule has 9 heterocycles. The Morgan fingerprint density at radius 3 is 2.68 bits per heavy atom. The van der Waals surface area contributed by atoms with Crippen molar-refractivity contribution in [3.05, 3.63) is 72.2 Å². The summed E-state index contributed by atoms with van der Waals surface area (Å²) in [6.45, 7) is 4.09. The molecule has 0 aliphatic carbocycles. The second-order valence-electron chi connectivity index (χ2n) is 15.6. The van der Waals surface area contributed by atoms with Crippen LogP contribution >= 0.6 is 0 Å². The Bertz CT molecular complexity index is 2510. The van der Waals surface area contributed by atoms with Crippen molar-refractivity contribution < 1.29 is 18.3 Å². The smallest absolute Gasteiger partial charge is 0.245 e. The molecule has 0 saturated carbocycles. The quantitative estimate of drug-likeness (QED) is 0.264. The fraction of sp³-hybridized carbons (Fsp3) is 0.425. The number of piperazine rings is 1. The van der Waals surface area contributed by atoms with Crippen LogP contribution in [0.3, 0.4) is 0 Å². The van der Waals surface area contributed by atoms with E-state index < -0.39 is 17.7 Å². The molecule has 0 spiro atoms. The number of carbonyl (C=O) groups excluding carboxylic acids is 1. The standard InChI is InChI=1S/C40H43F2N13O2/c1-50-13-5-8-33-35-27(6-4-7-31(35)49-51(33)2)30-11-12-43-39(46-30)45-24-17-34(38(50)56)53(20-24)36-28-19-44-55(32-10-9-23(41)16-29(32)42)37(28)48-40(47-36)54-25-18-26(54)22-52(21-25)14-15-57-3/h4,6-7,9-12,16,19,24-26,34H,5,8,13-15,17-18,20-22H2,1-3H3,(H,43,45,46)/t24?,25?,26?,34-/m0/s1. The van der Waals surface area contributed by atoms with Crippen LogP contribution in [-0.4, -0.2) is 133 Å². The van der Waals surface area contributed by atoms with Crippen LogP contribution in [0.25, 0.3) is 38.9 Å². The molecule has 57 heavy (non-hydrogen) atoms. The highest BCUT2D eigenvalue weighted by atomic mass is 19.1. The van der Waals surface area contributed by atoms with Crippen molar-refractivity contribution in [2.45, 2.75) is 49.9 Å². The molecule has 11 rings (SSSR count). The zero-order chi connectivity index (χ0) is 38.9. The number of piperidine rings is 1. The molecule has 5 aliphatic heterocycles. The number of methoxy groups -OCH3 is 1. The number of hydrogen-bond acceptors (Lipinski definition) is 12. The van der Waals surface area contributed by atoms with Gasteiger partial charge >= 0.3 is 0 Å². The maximum absolute atomic E-state index is 15.4. The van der Waals surface area contributed by atoms with Gasteiger partial charge in [0.2, 0.25) is 17.8 Å². The second-order valence-corrected chi connectivity index (χ2v) is 15.6.